The number of carbonyl (C=O) groups is 1. The highest BCUT2D eigenvalue weighted by molar-refractivity contribution is 5.54. The van der Waals surface area contributed by atoms with Gasteiger partial charge in [0.15, 0.2) is 0 Å². The maximum atomic E-state index is 10.6. The summed E-state index contributed by atoms with van der Waals surface area (Å²) in [4.78, 5) is 10.6. The smallest absolute Gasteiger partial charge is 0.123 e. The van der Waals surface area contributed by atoms with Crippen molar-refractivity contribution in [1.82, 2.24) is 0 Å². The van der Waals surface area contributed by atoms with Crippen LogP contribution >= 0.6 is 0 Å². The van der Waals surface area contributed by atoms with Gasteiger partial charge in [-0.2, -0.15) is 0 Å². The molecule has 0 saturated heterocycles. The Balaban J connectivity index is 2.34. The molecule has 1 aliphatic carbocycles. The van der Waals surface area contributed by atoms with Crippen LogP contribution in [0.1, 0.15) is 46.0 Å². The van der Waals surface area contributed by atoms with Gasteiger partial charge < -0.3 is 4.79 Å². The van der Waals surface area contributed by atoms with E-state index in [4.69, 9.17) is 0 Å². The van der Waals surface area contributed by atoms with Crippen LogP contribution in [0.2, 0.25) is 0 Å². The van der Waals surface area contributed by atoms with E-state index in [0.717, 1.165) is 38.4 Å². The molecule has 0 N–H and O–H groups in total. The molecule has 1 atom stereocenters. The van der Waals surface area contributed by atoms with E-state index in [-0.39, 0.29) is 0 Å². The van der Waals surface area contributed by atoms with Gasteiger partial charge in [-0.1, -0.05) is 23.3 Å². The first-order valence-corrected chi connectivity index (χ1v) is 5.49. The van der Waals surface area contributed by atoms with E-state index < -0.39 is 0 Å². The SMILES string of the molecule is CC(C)=CCCC1=CCC[C@H](C=O)C1. The van der Waals surface area contributed by atoms with Gasteiger partial charge >= 0.3 is 0 Å². The van der Waals surface area contributed by atoms with E-state index in [1.54, 1.807) is 0 Å². The molecule has 0 aliphatic heterocycles. The largest absolute Gasteiger partial charge is 0.303 e. The third-order valence-electron chi connectivity index (χ3n) is 2.71. The zero-order valence-electron chi connectivity index (χ0n) is 9.25. The molecule has 0 heterocycles. The molecular weight excluding hydrogens is 172 g/mol. The van der Waals surface area contributed by atoms with Crippen molar-refractivity contribution in [2.45, 2.75) is 46.0 Å². The van der Waals surface area contributed by atoms with Crippen molar-refractivity contribution < 1.29 is 4.79 Å². The van der Waals surface area contributed by atoms with Crippen LogP contribution in [0.5, 0.6) is 0 Å². The Morgan fingerprint density at radius 3 is 3.00 bits per heavy atom. The second-order valence-corrected chi connectivity index (χ2v) is 4.36. The molecule has 0 spiro atoms. The number of hydrogen-bond donors (Lipinski definition) is 0. The van der Waals surface area contributed by atoms with Crippen molar-refractivity contribution in [2.75, 3.05) is 0 Å². The lowest BCUT2D eigenvalue weighted by Gasteiger charge is -2.17. The number of rotatable bonds is 4. The third-order valence-corrected chi connectivity index (χ3v) is 2.71. The van der Waals surface area contributed by atoms with Crippen LogP contribution in [0, 0.1) is 5.92 Å². The molecule has 0 amide bonds. The predicted octanol–water partition coefficient (Wildman–Crippen LogP) is 3.66. The summed E-state index contributed by atoms with van der Waals surface area (Å²) in [5.41, 5.74) is 2.86. The first-order valence-electron chi connectivity index (χ1n) is 5.49. The predicted molar refractivity (Wildman–Crippen MR) is 60.2 cm³/mol. The van der Waals surface area contributed by atoms with E-state index in [1.165, 1.54) is 11.1 Å². The molecule has 0 bridgehead atoms. The van der Waals surface area contributed by atoms with Gasteiger partial charge in [0.25, 0.3) is 0 Å². The molecule has 0 radical (unpaired) electrons. The van der Waals surface area contributed by atoms with Crippen molar-refractivity contribution in [1.29, 1.82) is 0 Å². The molecule has 1 aliphatic rings. The summed E-state index contributed by atoms with van der Waals surface area (Å²) in [5.74, 6) is 0.293. The molecule has 78 valence electrons. The van der Waals surface area contributed by atoms with Crippen LogP contribution in [0.25, 0.3) is 0 Å². The molecule has 1 heteroatoms. The molecule has 0 saturated carbocycles. The molecule has 0 aromatic heterocycles. The summed E-state index contributed by atoms with van der Waals surface area (Å²) in [6.07, 6.45) is 11.1. The summed E-state index contributed by atoms with van der Waals surface area (Å²) in [6, 6.07) is 0. The summed E-state index contributed by atoms with van der Waals surface area (Å²) < 4.78 is 0. The fourth-order valence-corrected chi connectivity index (χ4v) is 1.89. The van der Waals surface area contributed by atoms with Crippen molar-refractivity contribution in [3.63, 3.8) is 0 Å². The molecule has 1 rings (SSSR count). The first kappa shape index (κ1) is 11.2. The van der Waals surface area contributed by atoms with Crippen LogP contribution in [-0.2, 0) is 4.79 Å². The van der Waals surface area contributed by atoms with Crippen molar-refractivity contribution >= 4 is 6.29 Å². The third kappa shape index (κ3) is 3.91. The molecule has 0 aromatic carbocycles. The van der Waals surface area contributed by atoms with Crippen molar-refractivity contribution in [3.05, 3.63) is 23.3 Å². The quantitative estimate of drug-likeness (QED) is 0.491. The lowest BCUT2D eigenvalue weighted by Crippen LogP contribution is -2.07. The second kappa shape index (κ2) is 5.79. The zero-order valence-corrected chi connectivity index (χ0v) is 9.25. The summed E-state index contributed by atoms with van der Waals surface area (Å²) >= 11 is 0. The minimum absolute atomic E-state index is 0.293. The van der Waals surface area contributed by atoms with Gasteiger partial charge in [0, 0.05) is 5.92 Å². The summed E-state index contributed by atoms with van der Waals surface area (Å²) in [5, 5.41) is 0. The average molecular weight is 192 g/mol. The van der Waals surface area contributed by atoms with E-state index >= 15 is 0 Å². The van der Waals surface area contributed by atoms with E-state index in [2.05, 4.69) is 26.0 Å². The topological polar surface area (TPSA) is 17.1 Å². The second-order valence-electron chi connectivity index (χ2n) is 4.36. The van der Waals surface area contributed by atoms with Gasteiger partial charge in [-0.3, -0.25) is 0 Å². The Bertz CT molecular complexity index is 244. The Morgan fingerprint density at radius 2 is 2.36 bits per heavy atom. The Hall–Kier alpha value is -0.850. The Kier molecular flexibility index (Phi) is 4.64. The highest BCUT2D eigenvalue weighted by Gasteiger charge is 2.13. The van der Waals surface area contributed by atoms with Crippen LogP contribution in [-0.4, -0.2) is 6.29 Å². The number of allylic oxidation sites excluding steroid dienone is 4. The Labute approximate surface area is 86.9 Å². The van der Waals surface area contributed by atoms with Crippen LogP contribution < -0.4 is 0 Å². The lowest BCUT2D eigenvalue weighted by atomic mass is 9.88. The van der Waals surface area contributed by atoms with Gasteiger partial charge in [0.2, 0.25) is 0 Å². The average Bonchev–Trinajstić information content (AvgIpc) is 2.18. The monoisotopic (exact) mass is 192 g/mol. The van der Waals surface area contributed by atoms with Gasteiger partial charge in [-0.25, -0.2) is 0 Å². The maximum absolute atomic E-state index is 10.6. The fraction of sp³-hybridized carbons (Fsp3) is 0.615. The molecule has 0 fully saturated rings. The highest BCUT2D eigenvalue weighted by Crippen LogP contribution is 2.25. The molecular formula is C13H20O. The number of carbonyl (C=O) groups excluding carboxylic acids is 1. The van der Waals surface area contributed by atoms with E-state index in [1.807, 2.05) is 0 Å². The minimum atomic E-state index is 0.293. The van der Waals surface area contributed by atoms with Crippen molar-refractivity contribution in [3.8, 4) is 0 Å². The lowest BCUT2D eigenvalue weighted by molar-refractivity contribution is -0.111. The van der Waals surface area contributed by atoms with Crippen LogP contribution in [0.15, 0.2) is 23.3 Å². The number of aldehydes is 1. The highest BCUT2D eigenvalue weighted by atomic mass is 16.1. The minimum Gasteiger partial charge on any atom is -0.303 e. The van der Waals surface area contributed by atoms with E-state index in [9.17, 15) is 4.79 Å². The standard InChI is InChI=1S/C13H20O/c1-11(2)5-3-6-12-7-4-8-13(9-12)10-14/h5,7,10,13H,3-4,6,8-9H2,1-2H3/t13-/m0/s1. The maximum Gasteiger partial charge on any atom is 0.123 e. The molecule has 0 aromatic rings. The first-order chi connectivity index (χ1) is 6.72. The summed E-state index contributed by atoms with van der Waals surface area (Å²) in [6.45, 7) is 4.26. The van der Waals surface area contributed by atoms with Crippen molar-refractivity contribution in [2.24, 2.45) is 5.92 Å². The fourth-order valence-electron chi connectivity index (χ4n) is 1.89. The molecule has 14 heavy (non-hydrogen) atoms. The van der Waals surface area contributed by atoms with Gasteiger partial charge in [-0.15, -0.1) is 0 Å². The Morgan fingerprint density at radius 1 is 1.57 bits per heavy atom. The van der Waals surface area contributed by atoms with Gasteiger partial charge in [-0.05, 0) is 46.0 Å². The molecule has 1 nitrogen and oxygen atoms in total. The van der Waals surface area contributed by atoms with Gasteiger partial charge in [0.1, 0.15) is 6.29 Å². The zero-order chi connectivity index (χ0) is 10.4. The number of hydrogen-bond acceptors (Lipinski definition) is 1. The van der Waals surface area contributed by atoms with E-state index in [0.29, 0.717) is 5.92 Å². The van der Waals surface area contributed by atoms with Gasteiger partial charge in [0.05, 0.1) is 0 Å². The molecule has 0 unspecified atom stereocenters. The van der Waals surface area contributed by atoms with Crippen LogP contribution in [0.4, 0.5) is 0 Å². The summed E-state index contributed by atoms with van der Waals surface area (Å²) in [7, 11) is 0. The normalized spacial score (nSPS) is 21.3. The van der Waals surface area contributed by atoms with Crippen LogP contribution in [0.3, 0.4) is 0 Å².